The van der Waals surface area contributed by atoms with Gasteiger partial charge in [-0.25, -0.2) is 0 Å². The van der Waals surface area contributed by atoms with E-state index in [2.05, 4.69) is 34.7 Å². The molecule has 0 fully saturated rings. The third-order valence-corrected chi connectivity index (χ3v) is 3.83. The molecule has 108 valence electrons. The van der Waals surface area contributed by atoms with E-state index in [0.29, 0.717) is 0 Å². The van der Waals surface area contributed by atoms with Crippen molar-refractivity contribution < 1.29 is 4.21 Å². The molecule has 0 radical (unpaired) electrons. The first kappa shape index (κ1) is 14.4. The lowest BCUT2D eigenvalue weighted by Crippen LogP contribution is -1.90. The molecule has 0 aliphatic heterocycles. The molecule has 0 N–H and O–H groups in total. The van der Waals surface area contributed by atoms with Gasteiger partial charge in [-0.2, -0.15) is 8.57 Å². The Kier molecular flexibility index (Phi) is 4.56. The summed E-state index contributed by atoms with van der Waals surface area (Å²) in [6.07, 6.45) is 0.765. The second kappa shape index (κ2) is 6.96. The summed E-state index contributed by atoms with van der Waals surface area (Å²) in [6.45, 7) is 0. The van der Waals surface area contributed by atoms with Crippen LogP contribution < -0.4 is 0 Å². The van der Waals surface area contributed by atoms with Crippen molar-refractivity contribution in [3.8, 4) is 11.1 Å². The van der Waals surface area contributed by atoms with Gasteiger partial charge in [0, 0.05) is 0 Å². The fourth-order valence-corrected chi connectivity index (χ4v) is 2.74. The van der Waals surface area contributed by atoms with Gasteiger partial charge in [0.15, 0.2) is 0 Å². The van der Waals surface area contributed by atoms with Crippen LogP contribution in [0.3, 0.4) is 0 Å². The van der Waals surface area contributed by atoms with E-state index in [1.165, 1.54) is 5.56 Å². The molecule has 0 aromatic heterocycles. The summed E-state index contributed by atoms with van der Waals surface area (Å²) in [4.78, 5) is 0. The standard InChI is InChI=1S/C19H15NOS/c21-22-20-19-12-11-17(16-9-5-2-6-10-16)14-18(19)13-15-7-3-1-4-8-15/h1-12,14H,13H2. The maximum atomic E-state index is 10.8. The zero-order valence-corrected chi connectivity index (χ0v) is 12.8. The molecule has 0 aliphatic carbocycles. The van der Waals surface area contributed by atoms with Crippen molar-refractivity contribution >= 4 is 17.2 Å². The van der Waals surface area contributed by atoms with Gasteiger partial charge in [-0.05, 0) is 40.8 Å². The number of hydrogen-bond donors (Lipinski definition) is 0. The third-order valence-electron chi connectivity index (χ3n) is 3.56. The third kappa shape index (κ3) is 3.38. The van der Waals surface area contributed by atoms with E-state index in [0.717, 1.165) is 28.8 Å². The summed E-state index contributed by atoms with van der Waals surface area (Å²) >= 11 is 0.256. The van der Waals surface area contributed by atoms with Crippen LogP contribution in [0.1, 0.15) is 11.1 Å². The van der Waals surface area contributed by atoms with Crippen LogP contribution in [0.15, 0.2) is 83.2 Å². The van der Waals surface area contributed by atoms with E-state index < -0.39 is 0 Å². The average Bonchev–Trinajstić information content (AvgIpc) is 2.58. The maximum absolute atomic E-state index is 10.8. The van der Waals surface area contributed by atoms with Crippen molar-refractivity contribution in [3.63, 3.8) is 0 Å². The molecule has 0 saturated carbocycles. The Bertz CT molecular complexity index is 809. The van der Waals surface area contributed by atoms with Gasteiger partial charge >= 0.3 is 0 Å². The summed E-state index contributed by atoms with van der Waals surface area (Å²) in [5.41, 5.74) is 5.33. The zero-order chi connectivity index (χ0) is 15.2. The van der Waals surface area contributed by atoms with E-state index >= 15 is 0 Å². The van der Waals surface area contributed by atoms with Crippen LogP contribution in [-0.4, -0.2) is 4.21 Å². The Hall–Kier alpha value is -2.52. The molecule has 3 rings (SSSR count). The Morgan fingerprint density at radius 3 is 2.14 bits per heavy atom. The number of nitrogens with zero attached hydrogens (tertiary/aromatic N) is 1. The van der Waals surface area contributed by atoms with Crippen molar-refractivity contribution in [2.45, 2.75) is 6.42 Å². The maximum Gasteiger partial charge on any atom is 0.205 e. The number of benzene rings is 3. The lowest BCUT2D eigenvalue weighted by Gasteiger charge is -2.09. The molecule has 22 heavy (non-hydrogen) atoms. The van der Waals surface area contributed by atoms with Crippen LogP contribution in [-0.2, 0) is 17.9 Å². The minimum atomic E-state index is 0.256. The lowest BCUT2D eigenvalue weighted by atomic mass is 9.98. The van der Waals surface area contributed by atoms with E-state index in [4.69, 9.17) is 0 Å². The van der Waals surface area contributed by atoms with Crippen molar-refractivity contribution in [2.24, 2.45) is 4.36 Å². The molecule has 3 aromatic rings. The molecule has 0 spiro atoms. The topological polar surface area (TPSA) is 29.4 Å². The molecule has 0 atom stereocenters. The highest BCUT2D eigenvalue weighted by molar-refractivity contribution is 7.54. The lowest BCUT2D eigenvalue weighted by molar-refractivity contribution is 0.698. The molecule has 0 saturated heterocycles. The minimum absolute atomic E-state index is 0.256. The summed E-state index contributed by atoms with van der Waals surface area (Å²) in [6, 6.07) is 26.5. The van der Waals surface area contributed by atoms with Crippen LogP contribution >= 0.6 is 0 Å². The largest absolute Gasteiger partial charge is 0.205 e. The summed E-state index contributed by atoms with van der Waals surface area (Å²) in [5.74, 6) is 0. The van der Waals surface area contributed by atoms with E-state index in [-0.39, 0.29) is 11.5 Å². The first-order valence-corrected chi connectivity index (χ1v) is 7.79. The predicted molar refractivity (Wildman–Crippen MR) is 91.4 cm³/mol. The smallest absolute Gasteiger partial charge is 0.191 e. The second-order valence-electron chi connectivity index (χ2n) is 5.04. The van der Waals surface area contributed by atoms with Gasteiger partial charge in [-0.1, -0.05) is 66.7 Å². The van der Waals surface area contributed by atoms with E-state index in [9.17, 15) is 4.21 Å². The molecule has 3 aromatic carbocycles. The van der Waals surface area contributed by atoms with Gasteiger partial charge in [-0.15, -0.1) is 0 Å². The fraction of sp³-hybridized carbons (Fsp3) is 0.0526. The molecular weight excluding hydrogens is 290 g/mol. The van der Waals surface area contributed by atoms with Crippen molar-refractivity contribution in [2.75, 3.05) is 0 Å². The monoisotopic (exact) mass is 305 g/mol. The highest BCUT2D eigenvalue weighted by Gasteiger charge is 2.06. The molecule has 0 bridgehead atoms. The Morgan fingerprint density at radius 2 is 1.45 bits per heavy atom. The quantitative estimate of drug-likeness (QED) is 0.669. The molecule has 0 unspecified atom stereocenters. The summed E-state index contributed by atoms with van der Waals surface area (Å²) in [5, 5.41) is 0. The molecular formula is C19H15NOS. The van der Waals surface area contributed by atoms with Gasteiger partial charge in [0.05, 0.1) is 5.69 Å². The first-order chi connectivity index (χ1) is 10.9. The van der Waals surface area contributed by atoms with Crippen LogP contribution in [0.2, 0.25) is 0 Å². The second-order valence-corrected chi connectivity index (χ2v) is 5.37. The molecule has 0 amide bonds. The van der Waals surface area contributed by atoms with Gasteiger partial charge in [-0.3, -0.25) is 0 Å². The van der Waals surface area contributed by atoms with Crippen LogP contribution in [0.4, 0.5) is 5.69 Å². The van der Waals surface area contributed by atoms with Crippen molar-refractivity contribution in [3.05, 3.63) is 90.0 Å². The van der Waals surface area contributed by atoms with Crippen molar-refractivity contribution in [1.29, 1.82) is 0 Å². The molecule has 0 heterocycles. The molecule has 3 heteroatoms. The van der Waals surface area contributed by atoms with Gasteiger partial charge in [0.1, 0.15) is 0 Å². The summed E-state index contributed by atoms with van der Waals surface area (Å²) in [7, 11) is 0. The predicted octanol–water partition coefficient (Wildman–Crippen LogP) is 4.97. The van der Waals surface area contributed by atoms with Crippen molar-refractivity contribution in [1.82, 2.24) is 0 Å². The highest BCUT2D eigenvalue weighted by Crippen LogP contribution is 2.28. The SMILES string of the molecule is O=S=Nc1ccc(-c2ccccc2)cc1Cc1ccccc1. The zero-order valence-electron chi connectivity index (χ0n) is 12.0. The fourth-order valence-electron chi connectivity index (χ4n) is 2.48. The number of hydrogen-bond acceptors (Lipinski definition) is 2. The molecule has 2 nitrogen and oxygen atoms in total. The Balaban J connectivity index is 2.03. The van der Waals surface area contributed by atoms with E-state index in [1.54, 1.807) is 0 Å². The number of rotatable bonds is 4. The van der Waals surface area contributed by atoms with Gasteiger partial charge < -0.3 is 0 Å². The van der Waals surface area contributed by atoms with Gasteiger partial charge in [0.2, 0.25) is 11.5 Å². The Labute approximate surface area is 133 Å². The van der Waals surface area contributed by atoms with Crippen LogP contribution in [0.5, 0.6) is 0 Å². The highest BCUT2D eigenvalue weighted by atomic mass is 32.1. The van der Waals surface area contributed by atoms with Crippen LogP contribution in [0, 0.1) is 0 Å². The minimum Gasteiger partial charge on any atom is -0.191 e. The normalized spacial score (nSPS) is 10.2. The summed E-state index contributed by atoms with van der Waals surface area (Å²) < 4.78 is 14.8. The first-order valence-electron chi connectivity index (χ1n) is 7.09. The van der Waals surface area contributed by atoms with Gasteiger partial charge in [0.25, 0.3) is 0 Å². The van der Waals surface area contributed by atoms with E-state index in [1.807, 2.05) is 48.5 Å². The average molecular weight is 305 g/mol. The molecule has 0 aliphatic rings. The Morgan fingerprint density at radius 1 is 0.773 bits per heavy atom. The van der Waals surface area contributed by atoms with Crippen LogP contribution in [0.25, 0.3) is 11.1 Å².